The Labute approximate surface area is 192 Å². The quantitative estimate of drug-likeness (QED) is 0.552. The molecular formula is C20H23Cl3N2O4S. The molecule has 0 bridgehead atoms. The highest BCUT2D eigenvalue weighted by molar-refractivity contribution is 7.89. The molecule has 1 aliphatic heterocycles. The molecule has 1 N–H and O–H groups in total. The Morgan fingerprint density at radius 3 is 2.20 bits per heavy atom. The summed E-state index contributed by atoms with van der Waals surface area (Å²) in [4.78, 5) is 2.13. The van der Waals surface area contributed by atoms with Gasteiger partial charge in [0.2, 0.25) is 10.0 Å². The zero-order valence-corrected chi connectivity index (χ0v) is 19.8. The summed E-state index contributed by atoms with van der Waals surface area (Å²) < 4.78 is 38.5. The van der Waals surface area contributed by atoms with Gasteiger partial charge in [0.15, 0.2) is 11.5 Å². The molecule has 0 aromatic heterocycles. The first-order valence-electron chi connectivity index (χ1n) is 9.35. The molecule has 0 radical (unpaired) electrons. The molecule has 0 amide bonds. The Morgan fingerprint density at radius 2 is 1.60 bits per heavy atom. The van der Waals surface area contributed by atoms with E-state index in [9.17, 15) is 8.42 Å². The van der Waals surface area contributed by atoms with E-state index in [1.807, 2.05) is 12.1 Å². The van der Waals surface area contributed by atoms with E-state index in [0.29, 0.717) is 12.2 Å². The third-order valence-corrected chi connectivity index (χ3v) is 7.57. The molecule has 1 heterocycles. The second-order valence-electron chi connectivity index (χ2n) is 6.95. The van der Waals surface area contributed by atoms with Gasteiger partial charge in [0, 0.05) is 24.7 Å². The normalized spacial score (nSPS) is 14.4. The molecule has 0 unspecified atom stereocenters. The van der Waals surface area contributed by atoms with Crippen LogP contribution in [0.5, 0.6) is 11.5 Å². The number of methoxy groups -OCH3 is 2. The number of hydrogen-bond acceptors (Lipinski definition) is 5. The Balaban J connectivity index is 1.57. The molecule has 0 atom stereocenters. The van der Waals surface area contributed by atoms with Crippen molar-refractivity contribution in [2.75, 3.05) is 33.9 Å². The molecule has 0 aliphatic carbocycles. The highest BCUT2D eigenvalue weighted by Gasteiger charge is 2.23. The van der Waals surface area contributed by atoms with Crippen molar-refractivity contribution in [3.63, 3.8) is 0 Å². The molecule has 164 valence electrons. The molecule has 0 saturated heterocycles. The van der Waals surface area contributed by atoms with E-state index in [4.69, 9.17) is 44.3 Å². The van der Waals surface area contributed by atoms with Crippen LogP contribution < -0.4 is 14.2 Å². The number of nitrogens with one attached hydrogen (secondary N) is 1. The summed E-state index contributed by atoms with van der Waals surface area (Å²) in [6.07, 6.45) is 1.54. The zero-order chi connectivity index (χ0) is 21.9. The fourth-order valence-corrected chi connectivity index (χ4v) is 6.11. The second-order valence-corrected chi connectivity index (χ2v) is 9.91. The van der Waals surface area contributed by atoms with E-state index in [-0.39, 0.29) is 26.5 Å². The lowest BCUT2D eigenvalue weighted by Crippen LogP contribution is -2.34. The maximum Gasteiger partial charge on any atom is 0.243 e. The summed E-state index contributed by atoms with van der Waals surface area (Å²) >= 11 is 17.9. The third-order valence-electron chi connectivity index (χ3n) is 4.97. The van der Waals surface area contributed by atoms with Crippen LogP contribution in [0.3, 0.4) is 0 Å². The fraction of sp³-hybridized carbons (Fsp3) is 0.400. The number of ether oxygens (including phenoxy) is 2. The van der Waals surface area contributed by atoms with Crippen LogP contribution in [0.4, 0.5) is 0 Å². The minimum absolute atomic E-state index is 0.00277. The molecule has 0 saturated carbocycles. The van der Waals surface area contributed by atoms with Gasteiger partial charge in [-0.25, -0.2) is 13.1 Å². The largest absolute Gasteiger partial charge is 0.493 e. The van der Waals surface area contributed by atoms with Crippen LogP contribution in [0.1, 0.15) is 17.5 Å². The average molecular weight is 494 g/mol. The van der Waals surface area contributed by atoms with E-state index < -0.39 is 10.0 Å². The number of sulfonamides is 1. The van der Waals surface area contributed by atoms with Gasteiger partial charge in [0.25, 0.3) is 0 Å². The topological polar surface area (TPSA) is 67.9 Å². The first kappa shape index (κ1) is 23.4. The van der Waals surface area contributed by atoms with Crippen molar-refractivity contribution in [3.8, 4) is 11.5 Å². The summed E-state index contributed by atoms with van der Waals surface area (Å²) in [5, 5.41) is 0.276. The summed E-state index contributed by atoms with van der Waals surface area (Å²) in [7, 11) is -0.577. The minimum atomic E-state index is -3.83. The van der Waals surface area contributed by atoms with E-state index in [0.717, 1.165) is 31.8 Å². The van der Waals surface area contributed by atoms with Crippen LogP contribution in [0.15, 0.2) is 29.2 Å². The SMILES string of the molecule is COc1cc2c(cc1OC)CN(CCCNS(=O)(=O)c1c(Cl)cc(Cl)cc1Cl)CC2. The van der Waals surface area contributed by atoms with Crippen LogP contribution in [0.2, 0.25) is 15.1 Å². The van der Waals surface area contributed by atoms with Gasteiger partial charge in [-0.05, 0) is 54.8 Å². The Morgan fingerprint density at radius 1 is 1.00 bits per heavy atom. The maximum absolute atomic E-state index is 12.6. The average Bonchev–Trinajstić information content (AvgIpc) is 2.69. The summed E-state index contributed by atoms with van der Waals surface area (Å²) in [6, 6.07) is 6.75. The van der Waals surface area contributed by atoms with Gasteiger partial charge in [-0.3, -0.25) is 4.90 Å². The van der Waals surface area contributed by atoms with E-state index in [1.165, 1.54) is 23.3 Å². The lowest BCUT2D eigenvalue weighted by molar-refractivity contribution is 0.250. The van der Waals surface area contributed by atoms with Crippen molar-refractivity contribution in [1.29, 1.82) is 0 Å². The van der Waals surface area contributed by atoms with Gasteiger partial charge >= 0.3 is 0 Å². The fourth-order valence-electron chi connectivity index (χ4n) is 3.50. The van der Waals surface area contributed by atoms with Gasteiger partial charge in [0.1, 0.15) is 4.90 Å². The number of hydrogen-bond donors (Lipinski definition) is 1. The molecule has 0 spiro atoms. The molecule has 1 aliphatic rings. The van der Waals surface area contributed by atoms with Crippen LogP contribution in [0, 0.1) is 0 Å². The van der Waals surface area contributed by atoms with Gasteiger partial charge < -0.3 is 9.47 Å². The first-order chi connectivity index (χ1) is 14.2. The molecule has 10 heteroatoms. The minimum Gasteiger partial charge on any atom is -0.493 e. The Hall–Kier alpha value is -1.22. The lowest BCUT2D eigenvalue weighted by Gasteiger charge is -2.29. The van der Waals surface area contributed by atoms with Gasteiger partial charge in [-0.15, -0.1) is 0 Å². The summed E-state index contributed by atoms with van der Waals surface area (Å²) in [5.74, 6) is 1.45. The molecule has 6 nitrogen and oxygen atoms in total. The molecule has 3 rings (SSSR count). The van der Waals surface area contributed by atoms with E-state index in [1.54, 1.807) is 14.2 Å². The van der Waals surface area contributed by atoms with Crippen molar-refractivity contribution < 1.29 is 17.9 Å². The number of halogens is 3. The monoisotopic (exact) mass is 492 g/mol. The molecule has 0 fully saturated rings. The van der Waals surface area contributed by atoms with Crippen LogP contribution in [0.25, 0.3) is 0 Å². The van der Waals surface area contributed by atoms with Gasteiger partial charge in [0.05, 0.1) is 24.3 Å². The molecular weight excluding hydrogens is 471 g/mol. The third kappa shape index (κ3) is 5.33. The lowest BCUT2D eigenvalue weighted by atomic mass is 9.98. The number of fused-ring (bicyclic) bond motifs is 1. The smallest absolute Gasteiger partial charge is 0.243 e. The van der Waals surface area contributed by atoms with Crippen molar-refractivity contribution in [2.24, 2.45) is 0 Å². The van der Waals surface area contributed by atoms with Crippen molar-refractivity contribution in [1.82, 2.24) is 9.62 Å². The zero-order valence-electron chi connectivity index (χ0n) is 16.7. The van der Waals surface area contributed by atoms with Crippen molar-refractivity contribution >= 4 is 44.8 Å². The van der Waals surface area contributed by atoms with Crippen LogP contribution >= 0.6 is 34.8 Å². The summed E-state index contributed by atoms with van der Waals surface area (Å²) in [6.45, 7) is 2.69. The van der Waals surface area contributed by atoms with Crippen molar-refractivity contribution in [2.45, 2.75) is 24.3 Å². The number of nitrogens with zero attached hydrogens (tertiary/aromatic N) is 1. The van der Waals surface area contributed by atoms with E-state index >= 15 is 0 Å². The predicted octanol–water partition coefficient (Wildman–Crippen LogP) is 4.39. The summed E-state index contributed by atoms with van der Waals surface area (Å²) in [5.41, 5.74) is 2.44. The predicted molar refractivity (Wildman–Crippen MR) is 120 cm³/mol. The Bertz CT molecular complexity index is 1010. The highest BCUT2D eigenvalue weighted by Crippen LogP contribution is 2.34. The standard InChI is InChI=1S/C20H23Cl3N2O4S/c1-28-18-8-13-4-7-25(12-14(13)9-19(18)29-2)6-3-5-24-30(26,27)20-16(22)10-15(21)11-17(20)23/h8-11,24H,3-7,12H2,1-2H3. The molecule has 30 heavy (non-hydrogen) atoms. The van der Waals surface area contributed by atoms with Crippen LogP contribution in [-0.2, 0) is 23.0 Å². The van der Waals surface area contributed by atoms with E-state index in [2.05, 4.69) is 9.62 Å². The number of rotatable bonds is 8. The van der Waals surface area contributed by atoms with Gasteiger partial charge in [-0.2, -0.15) is 0 Å². The Kier molecular flexibility index (Phi) is 7.76. The molecule has 2 aromatic rings. The second kappa shape index (κ2) is 9.94. The maximum atomic E-state index is 12.6. The first-order valence-corrected chi connectivity index (χ1v) is 12.0. The molecule has 2 aromatic carbocycles. The van der Waals surface area contributed by atoms with Crippen molar-refractivity contribution in [3.05, 3.63) is 50.5 Å². The highest BCUT2D eigenvalue weighted by atomic mass is 35.5. The van der Waals surface area contributed by atoms with Gasteiger partial charge in [-0.1, -0.05) is 34.8 Å². The number of benzene rings is 2. The van der Waals surface area contributed by atoms with Crippen LogP contribution in [-0.4, -0.2) is 47.2 Å².